The standard InChI is InChI=1S/C19H25N7O3/c1-3-29-19(28)26-10-8-16(9-11-26)22-17-12-20-25-18(24-17)23-15-6-4-14(5-7-15)21-13(2)27/h4-7,12,16H,3,8-11H2,1-2H3,(H,21,27)(H2,22,23,24,25). The highest BCUT2D eigenvalue weighted by Crippen LogP contribution is 2.19. The first-order valence-electron chi connectivity index (χ1n) is 9.56. The van der Waals surface area contributed by atoms with Crippen molar-refractivity contribution in [1.82, 2.24) is 20.1 Å². The monoisotopic (exact) mass is 399 g/mol. The van der Waals surface area contributed by atoms with Crippen LogP contribution in [0.25, 0.3) is 0 Å². The molecule has 0 unspecified atom stereocenters. The highest BCUT2D eigenvalue weighted by molar-refractivity contribution is 5.88. The molecule has 0 aliphatic carbocycles. The molecule has 2 heterocycles. The number of nitrogens with zero attached hydrogens (tertiary/aromatic N) is 4. The molecule has 2 aromatic rings. The van der Waals surface area contributed by atoms with Gasteiger partial charge in [0, 0.05) is 37.4 Å². The summed E-state index contributed by atoms with van der Waals surface area (Å²) >= 11 is 0. The SMILES string of the molecule is CCOC(=O)N1CCC(Nc2cnnc(Nc3ccc(NC(C)=O)cc3)n2)CC1. The summed E-state index contributed by atoms with van der Waals surface area (Å²) in [5.74, 6) is 0.864. The van der Waals surface area contributed by atoms with E-state index in [1.54, 1.807) is 30.2 Å². The molecule has 10 nitrogen and oxygen atoms in total. The van der Waals surface area contributed by atoms with E-state index in [9.17, 15) is 9.59 Å². The fourth-order valence-electron chi connectivity index (χ4n) is 3.03. The molecule has 2 amide bonds. The van der Waals surface area contributed by atoms with Gasteiger partial charge in [0.05, 0.1) is 12.8 Å². The van der Waals surface area contributed by atoms with Crippen LogP contribution >= 0.6 is 0 Å². The molecule has 0 bridgehead atoms. The minimum atomic E-state index is -0.259. The average molecular weight is 399 g/mol. The molecule has 3 N–H and O–H groups in total. The Morgan fingerprint density at radius 1 is 1.17 bits per heavy atom. The maximum absolute atomic E-state index is 11.8. The zero-order chi connectivity index (χ0) is 20.6. The van der Waals surface area contributed by atoms with Crippen LogP contribution in [-0.2, 0) is 9.53 Å². The number of piperidine rings is 1. The molecular weight excluding hydrogens is 374 g/mol. The number of likely N-dealkylation sites (tertiary alicyclic amines) is 1. The quantitative estimate of drug-likeness (QED) is 0.678. The summed E-state index contributed by atoms with van der Waals surface area (Å²) in [6.45, 7) is 4.93. The molecular formula is C19H25N7O3. The molecule has 0 saturated carbocycles. The Morgan fingerprint density at radius 2 is 1.86 bits per heavy atom. The van der Waals surface area contributed by atoms with Crippen LogP contribution in [0.1, 0.15) is 26.7 Å². The third-order valence-corrected chi connectivity index (χ3v) is 4.39. The Kier molecular flexibility index (Phi) is 6.77. The number of amides is 2. The van der Waals surface area contributed by atoms with Gasteiger partial charge >= 0.3 is 6.09 Å². The Labute approximate surface area is 169 Å². The van der Waals surface area contributed by atoms with Crippen LogP contribution in [0.4, 0.5) is 27.9 Å². The van der Waals surface area contributed by atoms with Crippen LogP contribution in [0.2, 0.25) is 0 Å². The molecule has 1 aliphatic rings. The van der Waals surface area contributed by atoms with Gasteiger partial charge in [-0.1, -0.05) is 0 Å². The molecule has 154 valence electrons. The fraction of sp³-hybridized carbons (Fsp3) is 0.421. The van der Waals surface area contributed by atoms with Crippen molar-refractivity contribution in [1.29, 1.82) is 0 Å². The fourth-order valence-corrected chi connectivity index (χ4v) is 3.03. The molecule has 0 atom stereocenters. The average Bonchev–Trinajstić information content (AvgIpc) is 2.70. The van der Waals surface area contributed by atoms with Crippen LogP contribution in [0.3, 0.4) is 0 Å². The second kappa shape index (κ2) is 9.67. The molecule has 0 spiro atoms. The smallest absolute Gasteiger partial charge is 0.409 e. The molecule has 29 heavy (non-hydrogen) atoms. The Balaban J connectivity index is 1.53. The lowest BCUT2D eigenvalue weighted by molar-refractivity contribution is -0.114. The predicted octanol–water partition coefficient (Wildman–Crippen LogP) is 2.61. The van der Waals surface area contributed by atoms with E-state index in [-0.39, 0.29) is 18.0 Å². The van der Waals surface area contributed by atoms with Gasteiger partial charge in [0.25, 0.3) is 0 Å². The topological polar surface area (TPSA) is 121 Å². The molecule has 1 fully saturated rings. The number of carbonyl (C=O) groups is 2. The first-order valence-corrected chi connectivity index (χ1v) is 9.56. The second-order valence-electron chi connectivity index (χ2n) is 6.65. The van der Waals surface area contributed by atoms with Gasteiger partial charge in [0.2, 0.25) is 11.9 Å². The summed E-state index contributed by atoms with van der Waals surface area (Å²) in [4.78, 5) is 29.0. The van der Waals surface area contributed by atoms with Crippen molar-refractivity contribution in [3.8, 4) is 0 Å². The number of benzene rings is 1. The number of aromatic nitrogens is 3. The van der Waals surface area contributed by atoms with Crippen molar-refractivity contribution in [2.45, 2.75) is 32.7 Å². The minimum absolute atomic E-state index is 0.120. The van der Waals surface area contributed by atoms with E-state index >= 15 is 0 Å². The van der Waals surface area contributed by atoms with Crippen molar-refractivity contribution >= 4 is 35.1 Å². The lowest BCUT2D eigenvalue weighted by Gasteiger charge is -2.31. The van der Waals surface area contributed by atoms with E-state index < -0.39 is 0 Å². The zero-order valence-electron chi connectivity index (χ0n) is 16.5. The van der Waals surface area contributed by atoms with Gasteiger partial charge in [-0.3, -0.25) is 4.79 Å². The Morgan fingerprint density at radius 3 is 2.52 bits per heavy atom. The van der Waals surface area contributed by atoms with E-state index in [2.05, 4.69) is 31.1 Å². The highest BCUT2D eigenvalue weighted by atomic mass is 16.6. The second-order valence-corrected chi connectivity index (χ2v) is 6.65. The maximum atomic E-state index is 11.8. The number of nitrogens with one attached hydrogen (secondary N) is 3. The van der Waals surface area contributed by atoms with E-state index in [0.29, 0.717) is 37.1 Å². The van der Waals surface area contributed by atoms with E-state index in [0.717, 1.165) is 18.5 Å². The first kappa shape index (κ1) is 20.3. The molecule has 1 aromatic carbocycles. The molecule has 10 heteroatoms. The van der Waals surface area contributed by atoms with E-state index in [1.807, 2.05) is 12.1 Å². The molecule has 1 saturated heterocycles. The van der Waals surface area contributed by atoms with Gasteiger partial charge in [0.15, 0.2) is 5.82 Å². The normalized spacial score (nSPS) is 14.2. The first-order chi connectivity index (χ1) is 14.0. The summed E-state index contributed by atoms with van der Waals surface area (Å²) in [5, 5.41) is 17.2. The van der Waals surface area contributed by atoms with E-state index in [1.165, 1.54) is 6.92 Å². The van der Waals surface area contributed by atoms with Crippen molar-refractivity contribution in [2.75, 3.05) is 35.6 Å². The lowest BCUT2D eigenvalue weighted by atomic mass is 10.1. The predicted molar refractivity (Wildman–Crippen MR) is 109 cm³/mol. The van der Waals surface area contributed by atoms with Crippen LogP contribution in [-0.4, -0.2) is 57.8 Å². The number of anilines is 4. The van der Waals surface area contributed by atoms with Gasteiger partial charge in [-0.25, -0.2) is 4.79 Å². The number of hydrogen-bond acceptors (Lipinski definition) is 8. The van der Waals surface area contributed by atoms with Gasteiger partial charge in [-0.15, -0.1) is 5.10 Å². The number of hydrogen-bond donors (Lipinski definition) is 3. The van der Waals surface area contributed by atoms with Crippen molar-refractivity contribution in [3.05, 3.63) is 30.5 Å². The van der Waals surface area contributed by atoms with Crippen molar-refractivity contribution in [2.24, 2.45) is 0 Å². The maximum Gasteiger partial charge on any atom is 0.409 e. The molecule has 1 aromatic heterocycles. The zero-order valence-corrected chi connectivity index (χ0v) is 16.5. The summed E-state index contributed by atoms with van der Waals surface area (Å²) in [5.41, 5.74) is 1.49. The van der Waals surface area contributed by atoms with E-state index in [4.69, 9.17) is 4.74 Å². The van der Waals surface area contributed by atoms with Crippen LogP contribution in [0.5, 0.6) is 0 Å². The van der Waals surface area contributed by atoms with Gasteiger partial charge < -0.3 is 25.6 Å². The largest absolute Gasteiger partial charge is 0.450 e. The van der Waals surface area contributed by atoms with Gasteiger partial charge in [-0.2, -0.15) is 10.1 Å². The summed E-state index contributed by atoms with van der Waals surface area (Å²) < 4.78 is 5.04. The highest BCUT2D eigenvalue weighted by Gasteiger charge is 2.23. The summed E-state index contributed by atoms with van der Waals surface area (Å²) in [6.07, 6.45) is 2.92. The molecule has 0 radical (unpaired) electrons. The van der Waals surface area contributed by atoms with Gasteiger partial charge in [0.1, 0.15) is 0 Å². The number of carbonyl (C=O) groups excluding carboxylic acids is 2. The lowest BCUT2D eigenvalue weighted by Crippen LogP contribution is -2.42. The minimum Gasteiger partial charge on any atom is -0.450 e. The third-order valence-electron chi connectivity index (χ3n) is 4.39. The van der Waals surface area contributed by atoms with Crippen molar-refractivity contribution in [3.63, 3.8) is 0 Å². The Bertz CT molecular complexity index is 836. The molecule has 3 rings (SSSR count). The van der Waals surface area contributed by atoms with Crippen LogP contribution in [0, 0.1) is 0 Å². The Hall–Kier alpha value is -3.43. The number of ether oxygens (including phenoxy) is 1. The summed E-state index contributed by atoms with van der Waals surface area (Å²) in [6, 6.07) is 7.41. The van der Waals surface area contributed by atoms with Crippen molar-refractivity contribution < 1.29 is 14.3 Å². The third kappa shape index (κ3) is 6.03. The van der Waals surface area contributed by atoms with Crippen LogP contribution < -0.4 is 16.0 Å². The van der Waals surface area contributed by atoms with Gasteiger partial charge in [-0.05, 0) is 44.0 Å². The van der Waals surface area contributed by atoms with Crippen LogP contribution in [0.15, 0.2) is 30.5 Å². The molecule has 1 aliphatic heterocycles. The summed E-state index contributed by atoms with van der Waals surface area (Å²) in [7, 11) is 0. The number of rotatable bonds is 6.